The second-order valence-corrected chi connectivity index (χ2v) is 9.33. The van der Waals surface area contributed by atoms with Crippen molar-refractivity contribution in [2.24, 2.45) is 11.8 Å². The molecule has 0 unspecified atom stereocenters. The molecular formula is C29H25FN2O5. The number of nitrogens with one attached hydrogen (secondary N) is 1. The van der Waals surface area contributed by atoms with Gasteiger partial charge < -0.3 is 10.1 Å². The molecule has 0 bridgehead atoms. The van der Waals surface area contributed by atoms with Gasteiger partial charge in [-0.2, -0.15) is 0 Å². The molecule has 1 saturated heterocycles. The molecule has 3 aromatic carbocycles. The third-order valence-electron chi connectivity index (χ3n) is 7.00. The van der Waals surface area contributed by atoms with Gasteiger partial charge in [0.05, 0.1) is 23.1 Å². The van der Waals surface area contributed by atoms with E-state index in [0.29, 0.717) is 24.2 Å². The summed E-state index contributed by atoms with van der Waals surface area (Å²) < 4.78 is 18.1. The first-order valence-corrected chi connectivity index (χ1v) is 12.2. The number of nitrogens with zero attached hydrogens (tertiary/aromatic N) is 1. The summed E-state index contributed by atoms with van der Waals surface area (Å²) in [6.07, 6.45) is 2.08. The Morgan fingerprint density at radius 1 is 0.892 bits per heavy atom. The molecule has 0 aromatic heterocycles. The fourth-order valence-electron chi connectivity index (χ4n) is 5.18. The van der Waals surface area contributed by atoms with Crippen LogP contribution in [0.4, 0.5) is 15.8 Å². The Balaban J connectivity index is 1.24. The van der Waals surface area contributed by atoms with Gasteiger partial charge in [0.15, 0.2) is 6.61 Å². The number of fused-ring (bicyclic) bond motifs is 1. The quantitative estimate of drug-likeness (QED) is 0.391. The number of hydrogen-bond donors (Lipinski definition) is 1. The molecular weight excluding hydrogens is 475 g/mol. The van der Waals surface area contributed by atoms with Crippen LogP contribution in [0.2, 0.25) is 0 Å². The lowest BCUT2D eigenvalue weighted by Crippen LogP contribution is -2.31. The SMILES string of the molecule is O=C(COC(=O)c1cccc(N2C(=O)[C@H]3C[C@H](c4ccccc4)CC[C@H]3C2=O)c1)Nc1ccc(F)cc1. The van der Waals surface area contributed by atoms with Gasteiger partial charge in [-0.1, -0.05) is 36.4 Å². The zero-order chi connectivity index (χ0) is 25.9. The molecule has 1 N–H and O–H groups in total. The van der Waals surface area contributed by atoms with Gasteiger partial charge >= 0.3 is 5.97 Å². The van der Waals surface area contributed by atoms with Crippen molar-refractivity contribution in [3.05, 3.63) is 95.8 Å². The number of benzene rings is 3. The molecule has 1 heterocycles. The minimum absolute atomic E-state index is 0.115. The number of carbonyl (C=O) groups is 4. The zero-order valence-corrected chi connectivity index (χ0v) is 19.9. The summed E-state index contributed by atoms with van der Waals surface area (Å²) >= 11 is 0. The summed E-state index contributed by atoms with van der Waals surface area (Å²) in [6, 6.07) is 21.3. The lowest BCUT2D eigenvalue weighted by Gasteiger charge is -2.28. The summed E-state index contributed by atoms with van der Waals surface area (Å²) in [7, 11) is 0. The van der Waals surface area contributed by atoms with Crippen molar-refractivity contribution in [2.45, 2.75) is 25.2 Å². The molecule has 2 aliphatic rings. The molecule has 188 valence electrons. The highest BCUT2D eigenvalue weighted by Crippen LogP contribution is 2.45. The summed E-state index contributed by atoms with van der Waals surface area (Å²) in [5.74, 6) is -2.81. The van der Waals surface area contributed by atoms with Gasteiger partial charge in [0.25, 0.3) is 5.91 Å². The topological polar surface area (TPSA) is 92.8 Å². The molecule has 0 spiro atoms. The van der Waals surface area contributed by atoms with E-state index in [1.807, 2.05) is 18.2 Å². The Morgan fingerprint density at radius 3 is 2.38 bits per heavy atom. The third kappa shape index (κ3) is 5.14. The van der Waals surface area contributed by atoms with Crippen LogP contribution in [0, 0.1) is 17.7 Å². The van der Waals surface area contributed by atoms with Crippen LogP contribution in [0.25, 0.3) is 0 Å². The number of amides is 3. The van der Waals surface area contributed by atoms with Gasteiger partial charge in [0, 0.05) is 5.69 Å². The first kappa shape index (κ1) is 24.4. The van der Waals surface area contributed by atoms with Crippen LogP contribution < -0.4 is 10.2 Å². The van der Waals surface area contributed by atoms with E-state index in [-0.39, 0.29) is 29.2 Å². The smallest absolute Gasteiger partial charge is 0.338 e. The number of esters is 1. The number of halogens is 1. The fourth-order valence-corrected chi connectivity index (χ4v) is 5.18. The fraction of sp³-hybridized carbons (Fsp3) is 0.241. The van der Waals surface area contributed by atoms with Crippen LogP contribution in [0.5, 0.6) is 0 Å². The van der Waals surface area contributed by atoms with Gasteiger partial charge in [-0.25, -0.2) is 9.18 Å². The van der Waals surface area contributed by atoms with Gasteiger partial charge in [-0.15, -0.1) is 0 Å². The van der Waals surface area contributed by atoms with E-state index in [1.165, 1.54) is 46.9 Å². The average Bonchev–Trinajstić information content (AvgIpc) is 3.18. The zero-order valence-electron chi connectivity index (χ0n) is 19.9. The molecule has 1 saturated carbocycles. The van der Waals surface area contributed by atoms with Crippen LogP contribution in [0.1, 0.15) is 41.1 Å². The largest absolute Gasteiger partial charge is 0.452 e. The highest BCUT2D eigenvalue weighted by molar-refractivity contribution is 6.22. The molecule has 3 aromatic rings. The van der Waals surface area contributed by atoms with Crippen LogP contribution in [0.15, 0.2) is 78.9 Å². The normalized spacial score (nSPS) is 20.9. The number of ether oxygens (including phenoxy) is 1. The second-order valence-electron chi connectivity index (χ2n) is 9.33. The van der Waals surface area contributed by atoms with Crippen molar-refractivity contribution in [2.75, 3.05) is 16.8 Å². The molecule has 8 heteroatoms. The standard InChI is InChI=1S/C29H25FN2O5/c30-21-10-12-22(13-11-21)31-26(33)17-37-29(36)20-7-4-8-23(15-20)32-27(34)24-14-9-19(16-25(24)28(32)35)18-5-2-1-3-6-18/h1-8,10-13,15,19,24-25H,9,14,16-17H2,(H,31,33)/t19-,24-,25+/m1/s1. The maximum Gasteiger partial charge on any atom is 0.338 e. The molecule has 1 aliphatic carbocycles. The lowest BCUT2D eigenvalue weighted by atomic mass is 9.73. The van der Waals surface area contributed by atoms with Gasteiger partial charge in [0.1, 0.15) is 5.82 Å². The van der Waals surface area contributed by atoms with E-state index in [0.717, 1.165) is 6.42 Å². The first-order valence-electron chi connectivity index (χ1n) is 12.2. The predicted molar refractivity (Wildman–Crippen MR) is 134 cm³/mol. The van der Waals surface area contributed by atoms with Crippen molar-refractivity contribution in [1.82, 2.24) is 0 Å². The number of hydrogen-bond acceptors (Lipinski definition) is 5. The van der Waals surface area contributed by atoms with E-state index in [2.05, 4.69) is 17.4 Å². The molecule has 0 radical (unpaired) electrons. The van der Waals surface area contributed by atoms with E-state index < -0.39 is 30.2 Å². The first-order chi connectivity index (χ1) is 17.9. The van der Waals surface area contributed by atoms with Crippen molar-refractivity contribution >= 4 is 35.1 Å². The van der Waals surface area contributed by atoms with Crippen molar-refractivity contribution in [1.29, 1.82) is 0 Å². The minimum atomic E-state index is -0.767. The van der Waals surface area contributed by atoms with Gasteiger partial charge in [0.2, 0.25) is 11.8 Å². The van der Waals surface area contributed by atoms with Gasteiger partial charge in [-0.3, -0.25) is 19.3 Å². The van der Waals surface area contributed by atoms with Crippen LogP contribution in [-0.4, -0.2) is 30.3 Å². The third-order valence-corrected chi connectivity index (χ3v) is 7.00. The van der Waals surface area contributed by atoms with Crippen molar-refractivity contribution in [3.8, 4) is 0 Å². The molecule has 2 fully saturated rings. The lowest BCUT2D eigenvalue weighted by molar-refractivity contribution is -0.122. The van der Waals surface area contributed by atoms with Crippen LogP contribution >= 0.6 is 0 Å². The highest BCUT2D eigenvalue weighted by atomic mass is 19.1. The molecule has 3 atom stereocenters. The molecule has 37 heavy (non-hydrogen) atoms. The monoisotopic (exact) mass is 500 g/mol. The number of carbonyl (C=O) groups excluding carboxylic acids is 4. The predicted octanol–water partition coefficient (Wildman–Crippen LogP) is 4.69. The molecule has 7 nitrogen and oxygen atoms in total. The van der Waals surface area contributed by atoms with Crippen molar-refractivity contribution < 1.29 is 28.3 Å². The Labute approximate surface area is 213 Å². The van der Waals surface area contributed by atoms with E-state index in [4.69, 9.17) is 4.74 Å². The molecule has 1 aliphatic heterocycles. The Morgan fingerprint density at radius 2 is 1.62 bits per heavy atom. The highest BCUT2D eigenvalue weighted by Gasteiger charge is 2.50. The maximum atomic E-state index is 13.3. The summed E-state index contributed by atoms with van der Waals surface area (Å²) in [5, 5.41) is 2.51. The molecule has 5 rings (SSSR count). The van der Waals surface area contributed by atoms with Crippen LogP contribution in [0.3, 0.4) is 0 Å². The van der Waals surface area contributed by atoms with E-state index in [1.54, 1.807) is 12.1 Å². The Kier molecular flexibility index (Phi) is 6.81. The van der Waals surface area contributed by atoms with E-state index >= 15 is 0 Å². The summed E-state index contributed by atoms with van der Waals surface area (Å²) in [6.45, 7) is -0.549. The Bertz CT molecular complexity index is 1340. The Hall–Kier alpha value is -4.33. The molecule has 3 amide bonds. The number of rotatable bonds is 6. The maximum absolute atomic E-state index is 13.3. The van der Waals surface area contributed by atoms with Gasteiger partial charge in [-0.05, 0) is 73.2 Å². The average molecular weight is 501 g/mol. The number of imide groups is 1. The van der Waals surface area contributed by atoms with Crippen LogP contribution in [-0.2, 0) is 19.1 Å². The summed E-state index contributed by atoms with van der Waals surface area (Å²) in [4.78, 5) is 52.4. The van der Waals surface area contributed by atoms with E-state index in [9.17, 15) is 23.6 Å². The minimum Gasteiger partial charge on any atom is -0.452 e. The summed E-state index contributed by atoms with van der Waals surface area (Å²) in [5.41, 5.74) is 1.97. The number of anilines is 2. The second kappa shape index (κ2) is 10.3. The van der Waals surface area contributed by atoms with Crippen molar-refractivity contribution in [3.63, 3.8) is 0 Å².